The molecule has 32 heavy (non-hydrogen) atoms. The van der Waals surface area contributed by atoms with Gasteiger partial charge in [-0.15, -0.1) is 0 Å². The molecular weight excluding hydrogens is 415 g/mol. The van der Waals surface area contributed by atoms with Crippen LogP contribution in [0.15, 0.2) is 42.5 Å². The fraction of sp³-hybridized carbons (Fsp3) is 0.333. The number of likely N-dealkylation sites (tertiary alicyclic amines) is 1. The van der Waals surface area contributed by atoms with Crippen LogP contribution in [0.3, 0.4) is 0 Å². The average Bonchev–Trinajstić information content (AvgIpc) is 2.79. The van der Waals surface area contributed by atoms with Gasteiger partial charge in [0.05, 0.1) is 17.6 Å². The molecule has 1 aromatic heterocycles. The first-order chi connectivity index (χ1) is 15.5. The number of hydrogen-bond donors (Lipinski definition) is 1. The molecule has 1 fully saturated rings. The zero-order chi connectivity index (χ0) is 22.2. The van der Waals surface area contributed by atoms with Gasteiger partial charge in [-0.3, -0.25) is 9.78 Å². The van der Waals surface area contributed by atoms with Crippen molar-refractivity contribution >= 4 is 16.8 Å². The van der Waals surface area contributed by atoms with Crippen molar-refractivity contribution in [1.82, 2.24) is 9.88 Å². The van der Waals surface area contributed by atoms with E-state index in [2.05, 4.69) is 4.98 Å². The molecule has 166 valence electrons. The Bertz CT molecular complexity index is 1180. The molecule has 0 saturated carbocycles. The van der Waals surface area contributed by atoms with Gasteiger partial charge in [-0.25, -0.2) is 4.39 Å². The van der Waals surface area contributed by atoms with Crippen molar-refractivity contribution < 1.29 is 28.5 Å². The summed E-state index contributed by atoms with van der Waals surface area (Å²) in [5.74, 6) is 1.05. The van der Waals surface area contributed by atoms with Crippen molar-refractivity contribution in [2.24, 2.45) is 0 Å². The highest BCUT2D eigenvalue weighted by atomic mass is 19.1. The van der Waals surface area contributed by atoms with Crippen LogP contribution in [0, 0.1) is 12.7 Å². The third-order valence-corrected chi connectivity index (χ3v) is 5.75. The molecule has 5 rings (SSSR count). The quantitative estimate of drug-likeness (QED) is 0.677. The second-order valence-electron chi connectivity index (χ2n) is 8.02. The summed E-state index contributed by atoms with van der Waals surface area (Å²) in [6.45, 7) is 3.22. The SMILES string of the molecule is Cc1cc(C(=O)N2CC[C@@H](Oc3cccc4c3OCCO4)[C@H](O)C2)c2ccc(F)cc2n1. The number of β-amino-alcohol motifs (C(OH)–C–C–N with tert-alkyl or cyclic N) is 1. The van der Waals surface area contributed by atoms with Gasteiger partial charge in [-0.2, -0.15) is 0 Å². The Balaban J connectivity index is 1.33. The molecule has 2 aliphatic rings. The molecular formula is C24H23FN2O5. The third-order valence-electron chi connectivity index (χ3n) is 5.75. The lowest BCUT2D eigenvalue weighted by Crippen LogP contribution is -2.51. The average molecular weight is 438 g/mol. The van der Waals surface area contributed by atoms with Gasteiger partial charge in [0.2, 0.25) is 5.75 Å². The van der Waals surface area contributed by atoms with Crippen molar-refractivity contribution in [3.63, 3.8) is 0 Å². The van der Waals surface area contributed by atoms with Gasteiger partial charge < -0.3 is 24.2 Å². The molecule has 3 aromatic rings. The van der Waals surface area contributed by atoms with Gasteiger partial charge >= 0.3 is 0 Å². The van der Waals surface area contributed by atoms with Crippen LogP contribution >= 0.6 is 0 Å². The Morgan fingerprint density at radius 2 is 2.06 bits per heavy atom. The first-order valence-electron chi connectivity index (χ1n) is 10.6. The number of para-hydroxylation sites is 1. The van der Waals surface area contributed by atoms with E-state index in [1.54, 1.807) is 30.0 Å². The zero-order valence-corrected chi connectivity index (χ0v) is 17.6. The van der Waals surface area contributed by atoms with E-state index < -0.39 is 18.0 Å². The standard InChI is InChI=1S/C24H23FN2O5/c1-14-11-17(16-6-5-15(25)12-18(16)26-14)24(29)27-8-7-20(19(28)13-27)32-22-4-2-3-21-23(22)31-10-9-30-21/h2-6,11-12,19-20,28H,7-10,13H2,1H3/t19-,20-/m1/s1. The fourth-order valence-corrected chi connectivity index (χ4v) is 4.22. The van der Waals surface area contributed by atoms with Crippen LogP contribution in [-0.2, 0) is 0 Å². The first-order valence-corrected chi connectivity index (χ1v) is 10.6. The highest BCUT2D eigenvalue weighted by Gasteiger charge is 2.33. The monoisotopic (exact) mass is 438 g/mol. The number of hydrogen-bond acceptors (Lipinski definition) is 6. The first kappa shape index (κ1) is 20.5. The maximum absolute atomic E-state index is 13.6. The van der Waals surface area contributed by atoms with Crippen LogP contribution in [0.4, 0.5) is 4.39 Å². The van der Waals surface area contributed by atoms with E-state index in [0.29, 0.717) is 65.6 Å². The second kappa shape index (κ2) is 8.27. The van der Waals surface area contributed by atoms with Crippen molar-refractivity contribution in [2.75, 3.05) is 26.3 Å². The molecule has 0 bridgehead atoms. The van der Waals surface area contributed by atoms with Crippen LogP contribution in [0.25, 0.3) is 10.9 Å². The number of piperidine rings is 1. The zero-order valence-electron chi connectivity index (χ0n) is 17.6. The molecule has 0 aliphatic carbocycles. The van der Waals surface area contributed by atoms with E-state index in [-0.39, 0.29) is 12.5 Å². The van der Waals surface area contributed by atoms with E-state index in [1.165, 1.54) is 12.1 Å². The lowest BCUT2D eigenvalue weighted by Gasteiger charge is -2.36. The Labute approximate surface area is 184 Å². The van der Waals surface area contributed by atoms with Crippen molar-refractivity contribution in [3.05, 3.63) is 59.5 Å². The minimum atomic E-state index is -0.875. The van der Waals surface area contributed by atoms with Gasteiger partial charge in [0, 0.05) is 30.1 Å². The molecule has 2 atom stereocenters. The summed E-state index contributed by atoms with van der Waals surface area (Å²) in [6, 6.07) is 11.3. The largest absolute Gasteiger partial charge is 0.486 e. The molecule has 1 amide bonds. The molecule has 3 heterocycles. The van der Waals surface area contributed by atoms with E-state index in [0.717, 1.165) is 0 Å². The molecule has 0 unspecified atom stereocenters. The second-order valence-corrected chi connectivity index (χ2v) is 8.02. The summed E-state index contributed by atoms with van der Waals surface area (Å²) >= 11 is 0. The van der Waals surface area contributed by atoms with Crippen molar-refractivity contribution in [2.45, 2.75) is 25.6 Å². The molecule has 1 saturated heterocycles. The highest BCUT2D eigenvalue weighted by molar-refractivity contribution is 6.06. The van der Waals surface area contributed by atoms with Crippen LogP contribution in [0.1, 0.15) is 22.5 Å². The number of halogens is 1. The van der Waals surface area contributed by atoms with E-state index >= 15 is 0 Å². The van der Waals surface area contributed by atoms with Gasteiger partial charge in [-0.05, 0) is 37.3 Å². The van der Waals surface area contributed by atoms with Crippen LogP contribution < -0.4 is 14.2 Å². The maximum Gasteiger partial charge on any atom is 0.254 e. The number of pyridine rings is 1. The van der Waals surface area contributed by atoms with Crippen LogP contribution in [-0.4, -0.2) is 59.4 Å². The minimum absolute atomic E-state index is 0.125. The molecule has 7 nitrogen and oxygen atoms in total. The van der Waals surface area contributed by atoms with Gasteiger partial charge in [-0.1, -0.05) is 6.07 Å². The summed E-state index contributed by atoms with van der Waals surface area (Å²) in [5.41, 5.74) is 1.51. The number of amides is 1. The van der Waals surface area contributed by atoms with Crippen LogP contribution in [0.5, 0.6) is 17.2 Å². The predicted molar refractivity (Wildman–Crippen MR) is 115 cm³/mol. The normalized spacial score (nSPS) is 20.3. The number of aromatic nitrogens is 1. The maximum atomic E-state index is 13.6. The lowest BCUT2D eigenvalue weighted by molar-refractivity contribution is -0.0214. The number of aliphatic hydroxyl groups excluding tert-OH is 1. The Hall–Kier alpha value is -3.39. The summed E-state index contributed by atoms with van der Waals surface area (Å²) in [7, 11) is 0. The van der Waals surface area contributed by atoms with E-state index in [9.17, 15) is 14.3 Å². The molecule has 8 heteroatoms. The third kappa shape index (κ3) is 3.82. The predicted octanol–water partition coefficient (Wildman–Crippen LogP) is 3.11. The number of rotatable bonds is 3. The lowest BCUT2D eigenvalue weighted by atomic mass is 10.0. The number of aliphatic hydroxyl groups is 1. The number of nitrogens with zero attached hydrogens (tertiary/aromatic N) is 2. The number of aryl methyl sites for hydroxylation is 1. The number of carbonyl (C=O) groups is 1. The Kier molecular flexibility index (Phi) is 5.30. The summed E-state index contributed by atoms with van der Waals surface area (Å²) in [5, 5.41) is 11.3. The molecule has 1 N–H and O–H groups in total. The Morgan fingerprint density at radius 3 is 2.91 bits per heavy atom. The van der Waals surface area contributed by atoms with Crippen molar-refractivity contribution in [3.8, 4) is 17.2 Å². The van der Waals surface area contributed by atoms with Crippen LogP contribution in [0.2, 0.25) is 0 Å². The smallest absolute Gasteiger partial charge is 0.254 e. The van der Waals surface area contributed by atoms with Gasteiger partial charge in [0.15, 0.2) is 11.5 Å². The highest BCUT2D eigenvalue weighted by Crippen LogP contribution is 2.40. The summed E-state index contributed by atoms with van der Waals surface area (Å²) in [6.07, 6.45) is -0.908. The topological polar surface area (TPSA) is 81.1 Å². The number of carbonyl (C=O) groups excluding carboxylic acids is 1. The van der Waals surface area contributed by atoms with Gasteiger partial charge in [0.25, 0.3) is 5.91 Å². The fourth-order valence-electron chi connectivity index (χ4n) is 4.22. The molecule has 2 aromatic carbocycles. The molecule has 2 aliphatic heterocycles. The van der Waals surface area contributed by atoms with Gasteiger partial charge in [0.1, 0.15) is 31.2 Å². The molecule has 0 radical (unpaired) electrons. The summed E-state index contributed by atoms with van der Waals surface area (Å²) in [4.78, 5) is 19.2. The molecule has 0 spiro atoms. The number of fused-ring (bicyclic) bond motifs is 2. The van der Waals surface area contributed by atoms with E-state index in [4.69, 9.17) is 14.2 Å². The van der Waals surface area contributed by atoms with E-state index in [1.807, 2.05) is 12.1 Å². The number of ether oxygens (including phenoxy) is 3. The summed E-state index contributed by atoms with van der Waals surface area (Å²) < 4.78 is 31.0. The van der Waals surface area contributed by atoms with Crippen molar-refractivity contribution in [1.29, 1.82) is 0 Å². The Morgan fingerprint density at radius 1 is 1.22 bits per heavy atom. The minimum Gasteiger partial charge on any atom is -0.486 e. The number of benzene rings is 2.